The van der Waals surface area contributed by atoms with Gasteiger partial charge < -0.3 is 5.32 Å². The van der Waals surface area contributed by atoms with Crippen LogP contribution in [0.3, 0.4) is 0 Å². The number of rotatable bonds is 4. The number of aromatic nitrogens is 3. The molecule has 1 aliphatic heterocycles. The van der Waals surface area contributed by atoms with Gasteiger partial charge in [-0.2, -0.15) is 5.10 Å². The van der Waals surface area contributed by atoms with Crippen molar-refractivity contribution in [1.29, 1.82) is 0 Å². The van der Waals surface area contributed by atoms with E-state index in [1.54, 1.807) is 16.0 Å². The van der Waals surface area contributed by atoms with E-state index in [0.29, 0.717) is 23.3 Å². The van der Waals surface area contributed by atoms with Gasteiger partial charge in [-0.3, -0.25) is 4.79 Å². The third kappa shape index (κ3) is 4.01. The highest BCUT2D eigenvalue weighted by molar-refractivity contribution is 7.91. The summed E-state index contributed by atoms with van der Waals surface area (Å²) in [5.74, 6) is 0.133. The second kappa shape index (κ2) is 8.02. The molecule has 5 rings (SSSR count). The van der Waals surface area contributed by atoms with E-state index in [-0.39, 0.29) is 29.5 Å². The van der Waals surface area contributed by atoms with Crippen LogP contribution in [0.1, 0.15) is 60.6 Å². The van der Waals surface area contributed by atoms with Gasteiger partial charge in [-0.15, -0.1) is 11.3 Å². The monoisotopic (exact) mass is 458 g/mol. The number of amides is 1. The number of thiophene rings is 1. The first-order valence-corrected chi connectivity index (χ1v) is 13.6. The quantitative estimate of drug-likeness (QED) is 0.640. The maximum absolute atomic E-state index is 13.4. The SMILES string of the molecule is Cc1nn([C@@H]2CCS(=O)(=O)C2)c2nc(-c3cccs3)cc(C(=O)NC3CCCCC3)c12. The summed E-state index contributed by atoms with van der Waals surface area (Å²) in [6.45, 7) is 1.87. The molecule has 31 heavy (non-hydrogen) atoms. The fourth-order valence-electron chi connectivity index (χ4n) is 4.78. The van der Waals surface area contributed by atoms with Gasteiger partial charge in [0.2, 0.25) is 0 Å². The van der Waals surface area contributed by atoms with Crippen molar-refractivity contribution in [1.82, 2.24) is 20.1 Å². The zero-order valence-electron chi connectivity index (χ0n) is 17.5. The van der Waals surface area contributed by atoms with Crippen molar-refractivity contribution in [2.45, 2.75) is 57.5 Å². The van der Waals surface area contributed by atoms with E-state index in [9.17, 15) is 13.2 Å². The van der Waals surface area contributed by atoms with Gasteiger partial charge in [0.1, 0.15) is 0 Å². The third-order valence-corrected chi connectivity index (χ3v) is 8.99. The van der Waals surface area contributed by atoms with Crippen molar-refractivity contribution in [2.75, 3.05) is 11.5 Å². The molecular formula is C22H26N4O3S2. The van der Waals surface area contributed by atoms with Crippen molar-refractivity contribution in [3.8, 4) is 10.6 Å². The third-order valence-electron chi connectivity index (χ3n) is 6.35. The lowest BCUT2D eigenvalue weighted by Gasteiger charge is -2.23. The Balaban J connectivity index is 1.62. The number of fused-ring (bicyclic) bond motifs is 1. The number of pyridine rings is 1. The van der Waals surface area contributed by atoms with Crippen molar-refractivity contribution in [3.05, 3.63) is 34.8 Å². The molecule has 0 aromatic carbocycles. The Morgan fingerprint density at radius 3 is 2.71 bits per heavy atom. The Kier molecular flexibility index (Phi) is 5.34. The number of nitrogens with one attached hydrogen (secondary N) is 1. The lowest BCUT2D eigenvalue weighted by atomic mass is 9.95. The van der Waals surface area contributed by atoms with Crippen molar-refractivity contribution in [2.24, 2.45) is 0 Å². The van der Waals surface area contributed by atoms with Gasteiger partial charge in [0, 0.05) is 6.04 Å². The second-order valence-electron chi connectivity index (χ2n) is 8.63. The van der Waals surface area contributed by atoms with Gasteiger partial charge in [-0.25, -0.2) is 18.1 Å². The highest BCUT2D eigenvalue weighted by Crippen LogP contribution is 2.33. The molecule has 1 saturated carbocycles. The molecule has 2 aliphatic rings. The van der Waals surface area contributed by atoms with E-state index < -0.39 is 9.84 Å². The van der Waals surface area contributed by atoms with Crippen LogP contribution in [0.2, 0.25) is 0 Å². The molecule has 164 valence electrons. The predicted octanol–water partition coefficient (Wildman–Crippen LogP) is 3.89. The van der Waals surface area contributed by atoms with E-state index >= 15 is 0 Å². The first-order valence-electron chi connectivity index (χ1n) is 10.9. The highest BCUT2D eigenvalue weighted by Gasteiger charge is 2.32. The van der Waals surface area contributed by atoms with Gasteiger partial charge in [0.15, 0.2) is 15.5 Å². The topological polar surface area (TPSA) is 93.9 Å². The molecule has 9 heteroatoms. The summed E-state index contributed by atoms with van der Waals surface area (Å²) in [5, 5.41) is 10.6. The van der Waals surface area contributed by atoms with Crippen LogP contribution in [0.15, 0.2) is 23.6 Å². The smallest absolute Gasteiger partial charge is 0.252 e. The van der Waals surface area contributed by atoms with Crippen molar-refractivity contribution >= 4 is 38.1 Å². The van der Waals surface area contributed by atoms with Gasteiger partial charge in [-0.1, -0.05) is 25.3 Å². The number of hydrogen-bond acceptors (Lipinski definition) is 6. The zero-order chi connectivity index (χ0) is 21.6. The number of nitrogens with zero attached hydrogens (tertiary/aromatic N) is 3. The Morgan fingerprint density at radius 2 is 2.03 bits per heavy atom. The summed E-state index contributed by atoms with van der Waals surface area (Å²) in [6, 6.07) is 5.75. The fourth-order valence-corrected chi connectivity index (χ4v) is 7.15. The molecule has 0 radical (unpaired) electrons. The first kappa shape index (κ1) is 20.6. The molecule has 0 spiro atoms. The molecule has 0 unspecified atom stereocenters. The summed E-state index contributed by atoms with van der Waals surface area (Å²) in [5.41, 5.74) is 2.60. The molecule has 0 bridgehead atoms. The summed E-state index contributed by atoms with van der Waals surface area (Å²) < 4.78 is 25.9. The maximum Gasteiger partial charge on any atom is 0.252 e. The van der Waals surface area contributed by atoms with Crippen LogP contribution in [0.5, 0.6) is 0 Å². The number of sulfone groups is 1. The minimum absolute atomic E-state index is 0.0672. The van der Waals surface area contributed by atoms with Crippen LogP contribution in [0.4, 0.5) is 0 Å². The summed E-state index contributed by atoms with van der Waals surface area (Å²) in [7, 11) is -3.07. The number of aryl methyl sites for hydroxylation is 1. The molecule has 2 fully saturated rings. The zero-order valence-corrected chi connectivity index (χ0v) is 19.1. The van der Waals surface area contributed by atoms with Crippen LogP contribution in [0, 0.1) is 6.92 Å². The summed E-state index contributed by atoms with van der Waals surface area (Å²) in [6.07, 6.45) is 6.05. The molecule has 7 nitrogen and oxygen atoms in total. The Morgan fingerprint density at radius 1 is 1.23 bits per heavy atom. The molecule has 1 saturated heterocycles. The predicted molar refractivity (Wildman–Crippen MR) is 122 cm³/mol. The van der Waals surface area contributed by atoms with Gasteiger partial charge in [0.05, 0.1) is 44.8 Å². The van der Waals surface area contributed by atoms with Crippen LogP contribution >= 0.6 is 11.3 Å². The van der Waals surface area contributed by atoms with Crippen molar-refractivity contribution < 1.29 is 13.2 Å². The fraction of sp³-hybridized carbons (Fsp3) is 0.500. The average molecular weight is 459 g/mol. The molecule has 3 aromatic heterocycles. The Labute approximate surface area is 185 Å². The molecular weight excluding hydrogens is 432 g/mol. The van der Waals surface area contributed by atoms with Crippen LogP contribution < -0.4 is 5.32 Å². The van der Waals surface area contributed by atoms with E-state index in [0.717, 1.165) is 41.6 Å². The van der Waals surface area contributed by atoms with Gasteiger partial charge in [0.25, 0.3) is 5.91 Å². The molecule has 3 aromatic rings. The van der Waals surface area contributed by atoms with E-state index in [1.165, 1.54) is 6.42 Å². The summed E-state index contributed by atoms with van der Waals surface area (Å²) >= 11 is 1.57. The van der Waals surface area contributed by atoms with Crippen molar-refractivity contribution in [3.63, 3.8) is 0 Å². The summed E-state index contributed by atoms with van der Waals surface area (Å²) in [4.78, 5) is 19.2. The largest absolute Gasteiger partial charge is 0.349 e. The Bertz CT molecular complexity index is 1230. The molecule has 1 atom stereocenters. The Hall–Kier alpha value is -2.26. The second-order valence-corrected chi connectivity index (χ2v) is 11.8. The first-order chi connectivity index (χ1) is 14.9. The van der Waals surface area contributed by atoms with Crippen LogP contribution in [-0.2, 0) is 9.84 Å². The van der Waals surface area contributed by atoms with Gasteiger partial charge >= 0.3 is 0 Å². The molecule has 1 amide bonds. The average Bonchev–Trinajstić information content (AvgIpc) is 3.47. The number of hydrogen-bond donors (Lipinski definition) is 1. The molecule has 4 heterocycles. The maximum atomic E-state index is 13.4. The lowest BCUT2D eigenvalue weighted by molar-refractivity contribution is 0.0929. The van der Waals surface area contributed by atoms with Crippen LogP contribution in [-0.4, -0.2) is 46.6 Å². The molecule has 1 N–H and O–H groups in total. The lowest BCUT2D eigenvalue weighted by Crippen LogP contribution is -2.36. The van der Waals surface area contributed by atoms with Crippen LogP contribution in [0.25, 0.3) is 21.6 Å². The van der Waals surface area contributed by atoms with Gasteiger partial charge in [-0.05, 0) is 43.7 Å². The number of carbonyl (C=O) groups is 1. The normalized spacial score (nSPS) is 21.5. The number of carbonyl (C=O) groups excluding carboxylic acids is 1. The van der Waals surface area contributed by atoms with E-state index in [1.807, 2.05) is 30.5 Å². The molecule has 1 aliphatic carbocycles. The highest BCUT2D eigenvalue weighted by atomic mass is 32.2. The standard InChI is InChI=1S/C22H26N4O3S2/c1-14-20-17(22(27)23-15-6-3-2-4-7-15)12-18(19-8-5-10-30-19)24-21(20)26(25-14)16-9-11-31(28,29)13-16/h5,8,10,12,15-16H,2-4,6-7,9,11,13H2,1H3,(H,23,27)/t16-/m1/s1. The minimum atomic E-state index is -3.07. The van der Waals surface area contributed by atoms with E-state index in [4.69, 9.17) is 4.98 Å². The van der Waals surface area contributed by atoms with E-state index in [2.05, 4.69) is 10.4 Å². The minimum Gasteiger partial charge on any atom is -0.349 e.